The van der Waals surface area contributed by atoms with Crippen molar-refractivity contribution in [3.8, 4) is 17.3 Å². The molecule has 2 aromatic carbocycles. The third-order valence-electron chi connectivity index (χ3n) is 3.57. The molecule has 0 aliphatic carbocycles. The van der Waals surface area contributed by atoms with Gasteiger partial charge in [0.25, 0.3) is 0 Å². The first-order valence-corrected chi connectivity index (χ1v) is 9.00. The Morgan fingerprint density at radius 2 is 1.88 bits per heavy atom. The maximum absolute atomic E-state index is 14.3. The molecule has 0 N–H and O–H groups in total. The Morgan fingerprint density at radius 3 is 2.54 bits per heavy atom. The number of hydrogen-bond acceptors (Lipinski definition) is 4. The molecule has 0 bridgehead atoms. The zero-order valence-corrected chi connectivity index (χ0v) is 15.2. The summed E-state index contributed by atoms with van der Waals surface area (Å²) < 4.78 is 15.9. The van der Waals surface area contributed by atoms with Crippen molar-refractivity contribution < 1.29 is 4.39 Å². The molecule has 0 unspecified atom stereocenters. The van der Waals surface area contributed by atoms with Gasteiger partial charge in [-0.05, 0) is 43.7 Å². The minimum Gasteiger partial charge on any atom is -0.255 e. The molecule has 130 valence electrons. The van der Waals surface area contributed by atoms with Gasteiger partial charge < -0.3 is 0 Å². The van der Waals surface area contributed by atoms with Gasteiger partial charge in [0.15, 0.2) is 0 Å². The van der Waals surface area contributed by atoms with Crippen LogP contribution in [0.4, 0.5) is 4.39 Å². The second kappa shape index (κ2) is 7.89. The average Bonchev–Trinajstić information content (AvgIpc) is 3.02. The van der Waals surface area contributed by atoms with Crippen LogP contribution >= 0.6 is 11.3 Å². The molecule has 3 rings (SSSR count). The van der Waals surface area contributed by atoms with E-state index in [0.29, 0.717) is 21.6 Å². The summed E-state index contributed by atoms with van der Waals surface area (Å²) in [7, 11) is 0. The maximum Gasteiger partial charge on any atom is 0.206 e. The van der Waals surface area contributed by atoms with Crippen LogP contribution in [-0.4, -0.2) is 16.9 Å². The van der Waals surface area contributed by atoms with Crippen LogP contribution in [0.5, 0.6) is 0 Å². The Bertz CT molecular complexity index is 1040. The van der Waals surface area contributed by atoms with Gasteiger partial charge in [-0.3, -0.25) is 4.99 Å². The van der Waals surface area contributed by atoms with E-state index in [9.17, 15) is 4.39 Å². The number of aromatic nitrogens is 1. The van der Waals surface area contributed by atoms with E-state index < -0.39 is 0 Å². The summed E-state index contributed by atoms with van der Waals surface area (Å²) in [6, 6.07) is 15.9. The molecule has 0 radical (unpaired) electrons. The Hall–Kier alpha value is -3.04. The maximum atomic E-state index is 14.3. The van der Waals surface area contributed by atoms with Crippen LogP contribution in [-0.2, 0) is 0 Å². The van der Waals surface area contributed by atoms with E-state index >= 15 is 0 Å². The number of halogens is 1. The summed E-state index contributed by atoms with van der Waals surface area (Å²) in [4.78, 5) is 5.27. The lowest BCUT2D eigenvalue weighted by Gasteiger charge is -2.05. The van der Waals surface area contributed by atoms with E-state index in [-0.39, 0.29) is 11.9 Å². The van der Waals surface area contributed by atoms with Crippen molar-refractivity contribution in [3.05, 3.63) is 75.7 Å². The topological polar surface area (TPSA) is 53.4 Å². The molecule has 1 heterocycles. The summed E-state index contributed by atoms with van der Waals surface area (Å²) in [6.07, 6.45) is 1.68. The lowest BCUT2D eigenvalue weighted by molar-refractivity contribution is 0.629. The van der Waals surface area contributed by atoms with Crippen LogP contribution in [0.25, 0.3) is 11.3 Å². The Morgan fingerprint density at radius 1 is 1.15 bits per heavy atom. The molecule has 3 aromatic rings. The highest BCUT2D eigenvalue weighted by molar-refractivity contribution is 7.07. The van der Waals surface area contributed by atoms with E-state index in [1.807, 2.05) is 31.4 Å². The van der Waals surface area contributed by atoms with Gasteiger partial charge in [-0.2, -0.15) is 10.4 Å². The smallest absolute Gasteiger partial charge is 0.206 e. The predicted octanol–water partition coefficient (Wildman–Crippen LogP) is 4.42. The van der Waals surface area contributed by atoms with Gasteiger partial charge in [0.1, 0.15) is 5.82 Å². The summed E-state index contributed by atoms with van der Waals surface area (Å²) in [5, 5.41) is 15.3. The molecule has 0 saturated heterocycles. The fourth-order valence-corrected chi connectivity index (χ4v) is 3.30. The van der Waals surface area contributed by atoms with Crippen LogP contribution in [0.1, 0.15) is 25.0 Å². The van der Waals surface area contributed by atoms with E-state index in [1.165, 1.54) is 17.4 Å². The summed E-state index contributed by atoms with van der Waals surface area (Å²) >= 11 is 1.42. The molecule has 26 heavy (non-hydrogen) atoms. The third-order valence-corrected chi connectivity index (χ3v) is 4.40. The minimum atomic E-state index is -0.302. The summed E-state index contributed by atoms with van der Waals surface area (Å²) in [5.74, 6) is -0.302. The number of rotatable bonds is 4. The number of benzene rings is 2. The van der Waals surface area contributed by atoms with Crippen LogP contribution in [0.15, 0.2) is 64.0 Å². The van der Waals surface area contributed by atoms with Crippen LogP contribution in [0, 0.1) is 17.1 Å². The molecule has 0 aliphatic rings. The molecule has 6 heteroatoms. The fraction of sp³-hybridized carbons (Fsp3) is 0.150. The van der Waals surface area contributed by atoms with Gasteiger partial charge in [0.2, 0.25) is 4.80 Å². The Balaban J connectivity index is 2.09. The highest BCUT2D eigenvalue weighted by Gasteiger charge is 2.11. The molecule has 0 fully saturated rings. The van der Waals surface area contributed by atoms with E-state index in [0.717, 1.165) is 5.56 Å². The second-order valence-electron chi connectivity index (χ2n) is 5.90. The predicted molar refractivity (Wildman–Crippen MR) is 103 cm³/mol. The molecular weight excluding hydrogens is 347 g/mol. The van der Waals surface area contributed by atoms with Crippen LogP contribution < -0.4 is 4.80 Å². The first kappa shape index (κ1) is 17.8. The molecule has 0 saturated carbocycles. The van der Waals surface area contributed by atoms with E-state index in [4.69, 9.17) is 5.26 Å². The first-order valence-electron chi connectivity index (χ1n) is 8.12. The summed E-state index contributed by atoms with van der Waals surface area (Å²) in [5.41, 5.74) is 2.56. The molecule has 0 amide bonds. The first-order chi connectivity index (χ1) is 12.6. The Kier molecular flexibility index (Phi) is 5.40. The number of nitriles is 1. The lowest BCUT2D eigenvalue weighted by Crippen LogP contribution is -2.14. The van der Waals surface area contributed by atoms with Crippen molar-refractivity contribution in [3.63, 3.8) is 0 Å². The molecule has 0 spiro atoms. The van der Waals surface area contributed by atoms with Gasteiger partial charge in [0, 0.05) is 17.0 Å². The monoisotopic (exact) mass is 364 g/mol. The Labute approximate surface area is 155 Å². The number of thiazole rings is 1. The largest absolute Gasteiger partial charge is 0.255 e. The van der Waals surface area contributed by atoms with Gasteiger partial charge in [-0.25, -0.2) is 9.07 Å². The zero-order chi connectivity index (χ0) is 18.5. The minimum absolute atomic E-state index is 0.0958. The summed E-state index contributed by atoms with van der Waals surface area (Å²) in [6.45, 7) is 3.97. The normalized spacial score (nSPS) is 12.0. The van der Waals surface area contributed by atoms with Crippen molar-refractivity contribution in [1.29, 1.82) is 5.26 Å². The van der Waals surface area contributed by atoms with Gasteiger partial charge >= 0.3 is 0 Å². The second-order valence-corrected chi connectivity index (χ2v) is 6.73. The fourth-order valence-electron chi connectivity index (χ4n) is 2.34. The highest BCUT2D eigenvalue weighted by Crippen LogP contribution is 2.23. The quantitative estimate of drug-likeness (QED) is 0.632. The van der Waals surface area contributed by atoms with Crippen molar-refractivity contribution in [1.82, 2.24) is 4.68 Å². The van der Waals surface area contributed by atoms with Crippen LogP contribution in [0.2, 0.25) is 0 Å². The molecule has 0 atom stereocenters. The standard InChI is InChI=1S/C20H17FN4S/c1-14(2)24-20-25(23-12-16-9-7-15(11-22)8-10-16)19(13-26-20)17-5-3-4-6-18(17)21/h3-10,12-14H,1-2H3. The van der Waals surface area contributed by atoms with Gasteiger partial charge in [-0.15, -0.1) is 11.3 Å². The van der Waals surface area contributed by atoms with E-state index in [2.05, 4.69) is 16.2 Å². The lowest BCUT2D eigenvalue weighted by atomic mass is 10.1. The zero-order valence-electron chi connectivity index (χ0n) is 14.4. The molecule has 1 aromatic heterocycles. The van der Waals surface area contributed by atoms with Crippen molar-refractivity contribution >= 4 is 17.6 Å². The SMILES string of the molecule is CC(C)N=c1scc(-c2ccccc2F)n1N=Cc1ccc(C#N)cc1. The van der Waals surface area contributed by atoms with Crippen molar-refractivity contribution in [2.75, 3.05) is 0 Å². The molecular formula is C20H17FN4S. The number of hydrogen-bond donors (Lipinski definition) is 0. The van der Waals surface area contributed by atoms with Crippen molar-refractivity contribution in [2.45, 2.75) is 19.9 Å². The molecule has 0 aliphatic heterocycles. The van der Waals surface area contributed by atoms with E-state index in [1.54, 1.807) is 41.2 Å². The molecule has 4 nitrogen and oxygen atoms in total. The van der Waals surface area contributed by atoms with Crippen LogP contribution in [0.3, 0.4) is 0 Å². The van der Waals surface area contributed by atoms with Gasteiger partial charge in [-0.1, -0.05) is 24.3 Å². The third kappa shape index (κ3) is 3.95. The highest BCUT2D eigenvalue weighted by atomic mass is 32.1. The number of nitrogens with zero attached hydrogens (tertiary/aromatic N) is 4. The average molecular weight is 364 g/mol. The van der Waals surface area contributed by atoms with Crippen molar-refractivity contribution in [2.24, 2.45) is 10.1 Å². The van der Waals surface area contributed by atoms with Gasteiger partial charge in [0.05, 0.1) is 23.5 Å².